The summed E-state index contributed by atoms with van der Waals surface area (Å²) in [4.78, 5) is 29.7. The van der Waals surface area contributed by atoms with Gasteiger partial charge in [-0.3, -0.25) is 14.5 Å². The van der Waals surface area contributed by atoms with Crippen LogP contribution in [0.15, 0.2) is 60.7 Å². The fourth-order valence-electron chi connectivity index (χ4n) is 6.83. The molecule has 3 rings (SSSR count). The van der Waals surface area contributed by atoms with Gasteiger partial charge in [-0.25, -0.2) is 8.42 Å². The molecule has 2 aromatic rings. The molecule has 5 atom stereocenters. The van der Waals surface area contributed by atoms with Gasteiger partial charge in [0.1, 0.15) is 12.1 Å². The standard InChI is InChI=1S/C40H59N3O6S/c1-5-16-35(40(47)42-36(27-32-19-12-8-13-20-32)38(45)37(44)25-30(3)4)41-39(46)34(26-31-17-10-7-11-18-31)29-50(48,49)24-23-43(6-2)28-33-21-14-9-15-22-33/h1,7,9-11,14-15,17-18,21-22,30,32,34-38,44-45H,6,8,12-13,16,19-20,23-29H2,2-4H3,(H,41,46)(H,42,47)/t34?,35-,36?,37?,38+/m0/s1. The maximum atomic E-state index is 13.9. The maximum Gasteiger partial charge on any atom is 0.243 e. The van der Waals surface area contributed by atoms with Crippen molar-refractivity contribution >= 4 is 21.7 Å². The van der Waals surface area contributed by atoms with Gasteiger partial charge in [0.15, 0.2) is 9.84 Å². The maximum absolute atomic E-state index is 13.9. The zero-order valence-electron chi connectivity index (χ0n) is 30.2. The number of nitrogens with zero attached hydrogens (tertiary/aromatic N) is 1. The molecule has 0 aliphatic heterocycles. The van der Waals surface area contributed by atoms with Crippen LogP contribution >= 0.6 is 0 Å². The third kappa shape index (κ3) is 14.6. The molecule has 4 N–H and O–H groups in total. The predicted octanol–water partition coefficient (Wildman–Crippen LogP) is 4.51. The molecule has 0 bridgehead atoms. The Morgan fingerprint density at radius 1 is 0.940 bits per heavy atom. The average Bonchev–Trinajstić information content (AvgIpc) is 3.09. The molecule has 1 aliphatic carbocycles. The summed E-state index contributed by atoms with van der Waals surface area (Å²) >= 11 is 0. The molecule has 2 amide bonds. The summed E-state index contributed by atoms with van der Waals surface area (Å²) in [6.07, 6.45) is 9.68. The minimum Gasteiger partial charge on any atom is -0.390 e. The number of sulfone groups is 1. The molecular weight excluding hydrogens is 651 g/mol. The molecule has 1 aliphatic rings. The lowest BCUT2D eigenvalue weighted by molar-refractivity contribution is -0.132. The van der Waals surface area contributed by atoms with Crippen molar-refractivity contribution in [3.8, 4) is 12.3 Å². The van der Waals surface area contributed by atoms with Crippen molar-refractivity contribution in [1.29, 1.82) is 0 Å². The molecule has 276 valence electrons. The van der Waals surface area contributed by atoms with Gasteiger partial charge in [0.25, 0.3) is 0 Å². The van der Waals surface area contributed by atoms with Crippen molar-refractivity contribution in [2.24, 2.45) is 17.8 Å². The van der Waals surface area contributed by atoms with E-state index in [1.165, 1.54) is 0 Å². The van der Waals surface area contributed by atoms with E-state index in [4.69, 9.17) is 6.42 Å². The van der Waals surface area contributed by atoms with Crippen molar-refractivity contribution in [2.45, 2.75) is 109 Å². The highest BCUT2D eigenvalue weighted by molar-refractivity contribution is 7.91. The largest absolute Gasteiger partial charge is 0.390 e. The van der Waals surface area contributed by atoms with Gasteiger partial charge in [0.05, 0.1) is 29.6 Å². The van der Waals surface area contributed by atoms with Gasteiger partial charge in [-0.1, -0.05) is 114 Å². The number of carbonyl (C=O) groups excluding carboxylic acids is 2. The van der Waals surface area contributed by atoms with Crippen LogP contribution in [0, 0.1) is 30.1 Å². The topological polar surface area (TPSA) is 136 Å². The van der Waals surface area contributed by atoms with Gasteiger partial charge in [0.2, 0.25) is 11.8 Å². The Hall–Kier alpha value is -3.23. The molecule has 3 unspecified atom stereocenters. The second-order valence-corrected chi connectivity index (χ2v) is 16.6. The zero-order valence-corrected chi connectivity index (χ0v) is 31.0. The first-order chi connectivity index (χ1) is 23.9. The van der Waals surface area contributed by atoms with E-state index >= 15 is 0 Å². The van der Waals surface area contributed by atoms with Crippen LogP contribution in [0.2, 0.25) is 0 Å². The quantitative estimate of drug-likeness (QED) is 0.140. The molecule has 0 aromatic heterocycles. The normalized spacial score (nSPS) is 17.0. The van der Waals surface area contributed by atoms with Crippen molar-refractivity contribution in [1.82, 2.24) is 15.5 Å². The molecule has 1 fully saturated rings. The van der Waals surface area contributed by atoms with Crippen molar-refractivity contribution < 1.29 is 28.2 Å². The third-order valence-electron chi connectivity index (χ3n) is 9.68. The van der Waals surface area contributed by atoms with E-state index in [1.807, 2.05) is 81.4 Å². The summed E-state index contributed by atoms with van der Waals surface area (Å²) in [5.41, 5.74) is 1.89. The fraction of sp³-hybridized carbons (Fsp3) is 0.600. The van der Waals surface area contributed by atoms with Crippen molar-refractivity contribution in [3.05, 3.63) is 71.8 Å². The number of hydrogen-bond donors (Lipinski definition) is 4. The van der Waals surface area contributed by atoms with E-state index in [0.717, 1.165) is 43.2 Å². The monoisotopic (exact) mass is 709 g/mol. The lowest BCUT2D eigenvalue weighted by Gasteiger charge is -2.33. The smallest absolute Gasteiger partial charge is 0.243 e. The Balaban J connectivity index is 1.75. The van der Waals surface area contributed by atoms with Crippen LogP contribution in [0.1, 0.15) is 83.3 Å². The minimum atomic E-state index is -3.68. The Bertz CT molecular complexity index is 1440. The summed E-state index contributed by atoms with van der Waals surface area (Å²) in [7, 11) is -3.68. The summed E-state index contributed by atoms with van der Waals surface area (Å²) in [6.45, 7) is 7.52. The lowest BCUT2D eigenvalue weighted by atomic mass is 9.82. The van der Waals surface area contributed by atoms with Gasteiger partial charge in [-0.05, 0) is 48.8 Å². The Morgan fingerprint density at radius 3 is 2.14 bits per heavy atom. The number of nitrogens with one attached hydrogen (secondary N) is 2. The molecule has 2 aromatic carbocycles. The number of aliphatic hydroxyl groups excluding tert-OH is 2. The average molecular weight is 710 g/mol. The first-order valence-electron chi connectivity index (χ1n) is 18.3. The van der Waals surface area contributed by atoms with Crippen LogP contribution < -0.4 is 10.6 Å². The van der Waals surface area contributed by atoms with E-state index in [9.17, 15) is 28.2 Å². The van der Waals surface area contributed by atoms with Gasteiger partial charge in [-0.2, -0.15) is 0 Å². The highest BCUT2D eigenvalue weighted by Gasteiger charge is 2.34. The van der Waals surface area contributed by atoms with Gasteiger partial charge in [0, 0.05) is 19.5 Å². The number of hydrogen-bond acceptors (Lipinski definition) is 7. The number of aliphatic hydroxyl groups is 2. The number of carbonyl (C=O) groups is 2. The number of rotatable bonds is 21. The van der Waals surface area contributed by atoms with Crippen LogP contribution in [-0.2, 0) is 32.4 Å². The van der Waals surface area contributed by atoms with E-state index in [-0.39, 0.29) is 30.3 Å². The Morgan fingerprint density at radius 2 is 1.56 bits per heavy atom. The molecule has 50 heavy (non-hydrogen) atoms. The summed E-state index contributed by atoms with van der Waals surface area (Å²) < 4.78 is 27.1. The van der Waals surface area contributed by atoms with Gasteiger partial charge < -0.3 is 20.8 Å². The van der Waals surface area contributed by atoms with E-state index in [1.54, 1.807) is 0 Å². The highest BCUT2D eigenvalue weighted by Crippen LogP contribution is 2.29. The molecule has 1 saturated carbocycles. The van der Waals surface area contributed by atoms with Crippen LogP contribution in [-0.4, -0.2) is 84.2 Å². The van der Waals surface area contributed by atoms with Gasteiger partial charge in [-0.15, -0.1) is 12.3 Å². The zero-order chi connectivity index (χ0) is 36.5. The SMILES string of the molecule is C#CC[C@H](NC(=O)C(Cc1ccccc1)CS(=O)(=O)CCN(CC)Cc1ccccc1)C(=O)NC(CC1CCCCC1)[C@@H](O)C(O)CC(C)C. The fourth-order valence-corrected chi connectivity index (χ4v) is 8.42. The van der Waals surface area contributed by atoms with Gasteiger partial charge >= 0.3 is 0 Å². The van der Waals surface area contributed by atoms with Crippen LogP contribution in [0.5, 0.6) is 0 Å². The summed E-state index contributed by atoms with van der Waals surface area (Å²) in [6, 6.07) is 17.2. The number of terminal acetylenes is 1. The second-order valence-electron chi connectivity index (χ2n) is 14.4. The van der Waals surface area contributed by atoms with Crippen LogP contribution in [0.25, 0.3) is 0 Å². The summed E-state index contributed by atoms with van der Waals surface area (Å²) in [5, 5.41) is 27.7. The minimum absolute atomic E-state index is 0.111. The van der Waals surface area contributed by atoms with E-state index in [0.29, 0.717) is 38.4 Å². The molecule has 0 spiro atoms. The Kier molecular flexibility index (Phi) is 17.5. The molecular formula is C40H59N3O6S. The van der Waals surface area contributed by atoms with E-state index < -0.39 is 51.9 Å². The van der Waals surface area contributed by atoms with Crippen molar-refractivity contribution in [2.75, 3.05) is 24.6 Å². The number of amides is 2. The third-order valence-corrected chi connectivity index (χ3v) is 11.4. The second kappa shape index (κ2) is 21.2. The van der Waals surface area contributed by atoms with Crippen LogP contribution in [0.4, 0.5) is 0 Å². The Labute approximate surface area is 300 Å². The molecule has 0 saturated heterocycles. The molecule has 9 nitrogen and oxygen atoms in total. The van der Waals surface area contributed by atoms with E-state index in [2.05, 4.69) is 21.5 Å². The molecule has 10 heteroatoms. The lowest BCUT2D eigenvalue weighted by Crippen LogP contribution is -2.56. The highest BCUT2D eigenvalue weighted by atomic mass is 32.2. The first kappa shape index (κ1) is 41.2. The molecule has 0 radical (unpaired) electrons. The van der Waals surface area contributed by atoms with Crippen molar-refractivity contribution in [3.63, 3.8) is 0 Å². The van der Waals surface area contributed by atoms with Crippen LogP contribution in [0.3, 0.4) is 0 Å². The number of benzene rings is 2. The predicted molar refractivity (Wildman–Crippen MR) is 200 cm³/mol. The first-order valence-corrected chi connectivity index (χ1v) is 20.1. The summed E-state index contributed by atoms with van der Waals surface area (Å²) in [5.74, 6) is 0.321. The molecule has 0 heterocycles.